The van der Waals surface area contributed by atoms with Gasteiger partial charge in [0.15, 0.2) is 0 Å². The van der Waals surface area contributed by atoms with Gasteiger partial charge in [-0.1, -0.05) is 84.9 Å². The maximum absolute atomic E-state index is 13.4. The van der Waals surface area contributed by atoms with Crippen molar-refractivity contribution in [3.05, 3.63) is 96.1 Å². The number of aliphatic hydroxyl groups is 1. The molecule has 2 N–H and O–H groups in total. The molecule has 1 saturated heterocycles. The molecule has 3 aromatic rings. The summed E-state index contributed by atoms with van der Waals surface area (Å²) in [4.78, 5) is 13.4. The monoisotopic (exact) mass is 415 g/mol. The van der Waals surface area contributed by atoms with Crippen molar-refractivity contribution in [2.45, 2.75) is 30.8 Å². The topological polar surface area (TPSA) is 58.6 Å². The van der Waals surface area contributed by atoms with E-state index in [1.807, 2.05) is 72.8 Å². The van der Waals surface area contributed by atoms with E-state index in [4.69, 9.17) is 4.74 Å². The lowest BCUT2D eigenvalue weighted by Gasteiger charge is -2.37. The molecule has 0 radical (unpaired) electrons. The van der Waals surface area contributed by atoms with E-state index in [1.54, 1.807) is 6.92 Å². The van der Waals surface area contributed by atoms with Crippen molar-refractivity contribution in [1.82, 2.24) is 5.32 Å². The van der Waals surface area contributed by atoms with Gasteiger partial charge in [0.05, 0.1) is 12.0 Å². The number of benzene rings is 3. The van der Waals surface area contributed by atoms with Crippen molar-refractivity contribution in [3.63, 3.8) is 0 Å². The van der Waals surface area contributed by atoms with Crippen molar-refractivity contribution < 1.29 is 14.6 Å². The zero-order valence-corrected chi connectivity index (χ0v) is 17.9. The number of hydrogen-bond donors (Lipinski definition) is 2. The third kappa shape index (κ3) is 4.55. The first kappa shape index (κ1) is 21.3. The van der Waals surface area contributed by atoms with Gasteiger partial charge in [-0.2, -0.15) is 0 Å². The van der Waals surface area contributed by atoms with E-state index in [2.05, 4.69) is 17.4 Å². The van der Waals surface area contributed by atoms with Gasteiger partial charge < -0.3 is 15.2 Å². The van der Waals surface area contributed by atoms with E-state index in [0.717, 1.165) is 22.3 Å². The number of carbonyl (C=O) groups is 1. The number of hydrogen-bond acceptors (Lipinski definition) is 3. The molecule has 0 aromatic heterocycles. The number of nitrogens with one attached hydrogen (secondary N) is 1. The quantitative estimate of drug-likeness (QED) is 0.626. The van der Waals surface area contributed by atoms with E-state index in [9.17, 15) is 9.90 Å². The van der Waals surface area contributed by atoms with Gasteiger partial charge in [0.25, 0.3) is 0 Å². The molecule has 0 spiro atoms. The smallest absolute Gasteiger partial charge is 0.230 e. The highest BCUT2D eigenvalue weighted by molar-refractivity contribution is 5.88. The lowest BCUT2D eigenvalue weighted by Crippen LogP contribution is -2.51. The minimum absolute atomic E-state index is 0.0526. The molecule has 1 unspecified atom stereocenters. The van der Waals surface area contributed by atoms with Crippen molar-refractivity contribution >= 4 is 5.91 Å². The van der Waals surface area contributed by atoms with Gasteiger partial charge >= 0.3 is 0 Å². The lowest BCUT2D eigenvalue weighted by molar-refractivity contribution is -0.131. The molecule has 3 aromatic carbocycles. The predicted molar refractivity (Wildman–Crippen MR) is 123 cm³/mol. The van der Waals surface area contributed by atoms with Crippen LogP contribution in [0.4, 0.5) is 0 Å². The average molecular weight is 416 g/mol. The Hall–Kier alpha value is -2.95. The number of amides is 1. The van der Waals surface area contributed by atoms with Crippen LogP contribution in [0.15, 0.2) is 84.9 Å². The van der Waals surface area contributed by atoms with Gasteiger partial charge in [-0.05, 0) is 42.0 Å². The van der Waals surface area contributed by atoms with Gasteiger partial charge in [-0.25, -0.2) is 0 Å². The van der Waals surface area contributed by atoms with E-state index in [0.29, 0.717) is 26.1 Å². The molecule has 1 atom stereocenters. The fourth-order valence-electron chi connectivity index (χ4n) is 4.30. The maximum Gasteiger partial charge on any atom is 0.230 e. The summed E-state index contributed by atoms with van der Waals surface area (Å²) in [5.41, 5.74) is 2.21. The highest BCUT2D eigenvalue weighted by atomic mass is 16.5. The van der Waals surface area contributed by atoms with Crippen molar-refractivity contribution in [1.29, 1.82) is 0 Å². The Morgan fingerprint density at radius 1 is 0.903 bits per heavy atom. The van der Waals surface area contributed by atoms with Crippen LogP contribution in [0.1, 0.15) is 30.9 Å². The van der Waals surface area contributed by atoms with Crippen LogP contribution < -0.4 is 5.32 Å². The Balaban J connectivity index is 1.48. The Bertz CT molecular complexity index is 992. The Labute approximate surface area is 183 Å². The second-order valence-electron chi connectivity index (χ2n) is 8.46. The first-order chi connectivity index (χ1) is 15.0. The maximum atomic E-state index is 13.4. The van der Waals surface area contributed by atoms with Gasteiger partial charge in [0.1, 0.15) is 5.60 Å². The van der Waals surface area contributed by atoms with E-state index in [-0.39, 0.29) is 12.5 Å². The molecule has 1 aliphatic heterocycles. The lowest BCUT2D eigenvalue weighted by atomic mass is 9.73. The van der Waals surface area contributed by atoms with Gasteiger partial charge in [0, 0.05) is 13.2 Å². The van der Waals surface area contributed by atoms with Gasteiger partial charge in [-0.15, -0.1) is 0 Å². The minimum atomic E-state index is -1.17. The molecular formula is C27H29NO3. The minimum Gasteiger partial charge on any atom is -0.384 e. The third-order valence-corrected chi connectivity index (χ3v) is 6.31. The molecule has 0 saturated carbocycles. The summed E-state index contributed by atoms with van der Waals surface area (Å²) in [5.74, 6) is -0.0526. The largest absolute Gasteiger partial charge is 0.384 e. The second-order valence-corrected chi connectivity index (χ2v) is 8.46. The second kappa shape index (κ2) is 9.04. The van der Waals surface area contributed by atoms with Gasteiger partial charge in [-0.3, -0.25) is 4.79 Å². The number of ether oxygens (including phenoxy) is 1. The summed E-state index contributed by atoms with van der Waals surface area (Å²) >= 11 is 0. The van der Waals surface area contributed by atoms with Crippen LogP contribution in [0.3, 0.4) is 0 Å². The number of rotatable bonds is 6. The molecule has 4 rings (SSSR count). The van der Waals surface area contributed by atoms with Crippen LogP contribution >= 0.6 is 0 Å². The highest BCUT2D eigenvalue weighted by Crippen LogP contribution is 2.35. The first-order valence-electron chi connectivity index (χ1n) is 10.8. The summed E-state index contributed by atoms with van der Waals surface area (Å²) in [6, 6.07) is 27.9. The fraction of sp³-hybridized carbons (Fsp3) is 0.296. The summed E-state index contributed by atoms with van der Waals surface area (Å²) in [5, 5.41) is 14.1. The average Bonchev–Trinajstić information content (AvgIpc) is 2.84. The zero-order valence-electron chi connectivity index (χ0n) is 17.9. The molecule has 0 aliphatic carbocycles. The fourth-order valence-corrected chi connectivity index (χ4v) is 4.30. The molecule has 4 nitrogen and oxygen atoms in total. The Kier molecular flexibility index (Phi) is 6.21. The standard InChI is InChI=1S/C27H29NO3/c1-26(30,23-14-12-22(13-15-23)21-8-4-2-5-9-21)20-28-25(29)27(16-18-31-19-17-27)24-10-6-3-7-11-24/h2-15,30H,16-20H2,1H3,(H,28,29). The molecule has 1 amide bonds. The van der Waals surface area contributed by atoms with E-state index in [1.165, 1.54) is 0 Å². The van der Waals surface area contributed by atoms with Crippen LogP contribution in [0.25, 0.3) is 11.1 Å². The molecule has 4 heteroatoms. The first-order valence-corrected chi connectivity index (χ1v) is 10.8. The van der Waals surface area contributed by atoms with Crippen LogP contribution in [0.2, 0.25) is 0 Å². The van der Waals surface area contributed by atoms with Crippen LogP contribution in [0, 0.1) is 0 Å². The summed E-state index contributed by atoms with van der Waals surface area (Å²) < 4.78 is 5.53. The SMILES string of the molecule is CC(O)(CNC(=O)C1(c2ccccc2)CCOCC1)c1ccc(-c2ccccc2)cc1. The molecular weight excluding hydrogens is 386 g/mol. The molecule has 160 valence electrons. The van der Waals surface area contributed by atoms with E-state index < -0.39 is 11.0 Å². The molecule has 0 bridgehead atoms. The highest BCUT2D eigenvalue weighted by Gasteiger charge is 2.42. The molecule has 1 aliphatic rings. The normalized spacial score (nSPS) is 17.5. The van der Waals surface area contributed by atoms with E-state index >= 15 is 0 Å². The summed E-state index contributed by atoms with van der Waals surface area (Å²) in [7, 11) is 0. The molecule has 1 fully saturated rings. The summed E-state index contributed by atoms with van der Waals surface area (Å²) in [6.07, 6.45) is 1.27. The van der Waals surface area contributed by atoms with Crippen LogP contribution in [-0.2, 0) is 20.5 Å². The molecule has 1 heterocycles. The van der Waals surface area contributed by atoms with Gasteiger partial charge in [0.2, 0.25) is 5.91 Å². The van der Waals surface area contributed by atoms with Crippen molar-refractivity contribution in [2.24, 2.45) is 0 Å². The van der Waals surface area contributed by atoms with Crippen LogP contribution in [0.5, 0.6) is 0 Å². The van der Waals surface area contributed by atoms with Crippen molar-refractivity contribution in [2.75, 3.05) is 19.8 Å². The number of carbonyl (C=O) groups excluding carboxylic acids is 1. The molecule has 31 heavy (non-hydrogen) atoms. The predicted octanol–water partition coefficient (Wildman–Crippen LogP) is 4.43. The Morgan fingerprint density at radius 2 is 1.45 bits per heavy atom. The Morgan fingerprint density at radius 3 is 2.06 bits per heavy atom. The van der Waals surface area contributed by atoms with Crippen LogP contribution in [-0.4, -0.2) is 30.8 Å². The summed E-state index contributed by atoms with van der Waals surface area (Å²) in [6.45, 7) is 3.00. The zero-order chi connectivity index (χ0) is 21.7. The van der Waals surface area contributed by atoms with Crippen molar-refractivity contribution in [3.8, 4) is 11.1 Å². The third-order valence-electron chi connectivity index (χ3n) is 6.31.